The van der Waals surface area contributed by atoms with Gasteiger partial charge in [0.2, 0.25) is 0 Å². The number of hydrogen-bond acceptors (Lipinski definition) is 7. The molecular formula is C25H29N5O2. The highest BCUT2D eigenvalue weighted by atomic mass is 16.5. The third-order valence-corrected chi connectivity index (χ3v) is 6.43. The van der Waals surface area contributed by atoms with E-state index < -0.39 is 11.3 Å². The molecule has 2 N–H and O–H groups in total. The quantitative estimate of drug-likeness (QED) is 0.730. The van der Waals surface area contributed by atoms with Gasteiger partial charge in [-0.05, 0) is 43.5 Å². The molecule has 2 atom stereocenters. The van der Waals surface area contributed by atoms with E-state index in [1.54, 1.807) is 7.11 Å². The van der Waals surface area contributed by atoms with Crippen molar-refractivity contribution in [3.63, 3.8) is 0 Å². The second-order valence-electron chi connectivity index (χ2n) is 8.48. The Morgan fingerprint density at radius 2 is 1.94 bits per heavy atom. The van der Waals surface area contributed by atoms with Gasteiger partial charge in [0.25, 0.3) is 0 Å². The summed E-state index contributed by atoms with van der Waals surface area (Å²) in [5.74, 6) is 0.352. The lowest BCUT2D eigenvalue weighted by molar-refractivity contribution is 0.174. The van der Waals surface area contributed by atoms with Crippen molar-refractivity contribution in [1.29, 1.82) is 15.8 Å². The molecule has 0 aromatic heterocycles. The van der Waals surface area contributed by atoms with Crippen LogP contribution in [-0.4, -0.2) is 37.7 Å². The summed E-state index contributed by atoms with van der Waals surface area (Å²) < 4.78 is 11.3. The summed E-state index contributed by atoms with van der Waals surface area (Å²) in [6, 6.07) is 12.3. The Balaban J connectivity index is 2.24. The Morgan fingerprint density at radius 1 is 1.22 bits per heavy atom. The fourth-order valence-electron chi connectivity index (χ4n) is 4.71. The summed E-state index contributed by atoms with van der Waals surface area (Å²) in [6.45, 7) is 8.10. The molecular weight excluding hydrogens is 402 g/mol. The molecule has 1 aromatic rings. The number of fused-ring (bicyclic) bond motifs is 1. The van der Waals surface area contributed by atoms with Gasteiger partial charge < -0.3 is 15.2 Å². The third-order valence-electron chi connectivity index (χ3n) is 6.43. The average Bonchev–Trinajstić information content (AvgIpc) is 2.81. The summed E-state index contributed by atoms with van der Waals surface area (Å²) in [5, 5.41) is 30.3. The normalized spacial score (nSPS) is 22.2. The number of nitriles is 3. The third kappa shape index (κ3) is 3.68. The van der Waals surface area contributed by atoms with Crippen molar-refractivity contribution in [2.75, 3.05) is 26.8 Å². The minimum atomic E-state index is -1.66. The van der Waals surface area contributed by atoms with Crippen molar-refractivity contribution < 1.29 is 9.47 Å². The van der Waals surface area contributed by atoms with Gasteiger partial charge in [-0.2, -0.15) is 15.8 Å². The lowest BCUT2D eigenvalue weighted by atomic mass is 9.58. The molecule has 166 valence electrons. The lowest BCUT2D eigenvalue weighted by Gasteiger charge is -2.46. The maximum absolute atomic E-state index is 10.2. The van der Waals surface area contributed by atoms with E-state index in [-0.39, 0.29) is 23.2 Å². The van der Waals surface area contributed by atoms with Crippen LogP contribution in [0, 0.1) is 45.3 Å². The molecule has 0 bridgehead atoms. The van der Waals surface area contributed by atoms with Gasteiger partial charge >= 0.3 is 0 Å². The fraction of sp³-hybridized carbons (Fsp3) is 0.480. The van der Waals surface area contributed by atoms with Gasteiger partial charge in [-0.3, -0.25) is 4.90 Å². The molecule has 7 heteroatoms. The predicted octanol–water partition coefficient (Wildman–Crippen LogP) is 3.62. The number of nitrogens with zero attached hydrogens (tertiary/aromatic N) is 4. The zero-order valence-electron chi connectivity index (χ0n) is 19.1. The first-order valence-electron chi connectivity index (χ1n) is 10.9. The van der Waals surface area contributed by atoms with Crippen LogP contribution in [0.1, 0.15) is 38.7 Å². The van der Waals surface area contributed by atoms with Crippen LogP contribution in [0.15, 0.2) is 41.1 Å². The van der Waals surface area contributed by atoms with E-state index in [2.05, 4.69) is 37.0 Å². The molecule has 2 aliphatic rings. The molecule has 1 aromatic carbocycles. The number of benzene rings is 1. The van der Waals surface area contributed by atoms with Crippen LogP contribution in [0.5, 0.6) is 11.5 Å². The number of nitrogens with two attached hydrogens (primary N) is 1. The first-order valence-corrected chi connectivity index (χ1v) is 10.9. The zero-order chi connectivity index (χ0) is 23.5. The maximum atomic E-state index is 10.2. The van der Waals surface area contributed by atoms with Crippen molar-refractivity contribution in [1.82, 2.24) is 4.90 Å². The maximum Gasteiger partial charge on any atom is 0.191 e. The second kappa shape index (κ2) is 9.35. The summed E-state index contributed by atoms with van der Waals surface area (Å²) in [7, 11) is 1.56. The van der Waals surface area contributed by atoms with E-state index in [0.717, 1.165) is 17.6 Å². The zero-order valence-corrected chi connectivity index (χ0v) is 19.1. The number of methoxy groups -OCH3 is 1. The standard InChI is InChI=1S/C25H29N5O2/c1-5-10-32-21-7-6-17(11-22(21)31-4)23-20-13-30(16(2)3)9-8-18(20)19(12-26)24(29)25(23,14-27)15-28/h6-8,11,16,20,23H,5,9-10,13,29H2,1-4H3/t20-,23+/m0/s1. The fourth-order valence-corrected chi connectivity index (χ4v) is 4.71. The molecule has 0 unspecified atom stereocenters. The molecule has 0 fully saturated rings. The van der Waals surface area contributed by atoms with Crippen molar-refractivity contribution >= 4 is 0 Å². The van der Waals surface area contributed by atoms with Gasteiger partial charge in [0.1, 0.15) is 6.07 Å². The molecule has 1 aliphatic carbocycles. The van der Waals surface area contributed by atoms with Crippen LogP contribution in [-0.2, 0) is 0 Å². The molecule has 7 nitrogen and oxygen atoms in total. The largest absolute Gasteiger partial charge is 0.493 e. The highest BCUT2D eigenvalue weighted by molar-refractivity contribution is 5.60. The van der Waals surface area contributed by atoms with Crippen LogP contribution in [0.3, 0.4) is 0 Å². The average molecular weight is 432 g/mol. The summed E-state index contributed by atoms with van der Waals surface area (Å²) >= 11 is 0. The monoisotopic (exact) mass is 431 g/mol. The molecule has 0 saturated heterocycles. The van der Waals surface area contributed by atoms with Gasteiger partial charge in [0.15, 0.2) is 16.9 Å². The minimum absolute atomic E-state index is 0.0285. The van der Waals surface area contributed by atoms with Gasteiger partial charge in [-0.15, -0.1) is 0 Å². The number of allylic oxidation sites excluding steroid dienone is 2. The van der Waals surface area contributed by atoms with Crippen molar-refractivity contribution in [2.45, 2.75) is 39.2 Å². The van der Waals surface area contributed by atoms with E-state index in [4.69, 9.17) is 15.2 Å². The Hall–Kier alpha value is -3.47. The Kier molecular flexibility index (Phi) is 6.78. The summed E-state index contributed by atoms with van der Waals surface area (Å²) in [4.78, 5) is 2.27. The van der Waals surface area contributed by atoms with E-state index in [1.165, 1.54) is 0 Å². The molecule has 0 spiro atoms. The highest BCUT2D eigenvalue weighted by Crippen LogP contribution is 2.55. The Bertz CT molecular complexity index is 1050. The number of ether oxygens (including phenoxy) is 2. The van der Waals surface area contributed by atoms with E-state index in [9.17, 15) is 15.8 Å². The van der Waals surface area contributed by atoms with Crippen molar-refractivity contribution in [2.24, 2.45) is 17.1 Å². The van der Waals surface area contributed by atoms with Crippen molar-refractivity contribution in [3.8, 4) is 29.7 Å². The van der Waals surface area contributed by atoms with E-state index in [0.29, 0.717) is 31.2 Å². The van der Waals surface area contributed by atoms with Crippen LogP contribution in [0.25, 0.3) is 0 Å². The number of rotatable bonds is 6. The predicted molar refractivity (Wildman–Crippen MR) is 120 cm³/mol. The number of hydrogen-bond donors (Lipinski definition) is 1. The van der Waals surface area contributed by atoms with Crippen LogP contribution < -0.4 is 15.2 Å². The van der Waals surface area contributed by atoms with Gasteiger partial charge in [0.05, 0.1) is 37.1 Å². The molecule has 3 rings (SSSR count). The van der Waals surface area contributed by atoms with E-state index >= 15 is 0 Å². The van der Waals surface area contributed by atoms with Crippen LogP contribution in [0.2, 0.25) is 0 Å². The van der Waals surface area contributed by atoms with Gasteiger partial charge in [0, 0.05) is 31.0 Å². The Morgan fingerprint density at radius 3 is 2.50 bits per heavy atom. The smallest absolute Gasteiger partial charge is 0.191 e. The first kappa shape index (κ1) is 23.2. The first-order chi connectivity index (χ1) is 15.4. The van der Waals surface area contributed by atoms with E-state index in [1.807, 2.05) is 31.2 Å². The SMILES string of the molecule is CCCOc1ccc([C@@H]2[C@H]3CN(C(C)C)CC=C3C(C#N)=C(N)C2(C#N)C#N)cc1OC. The van der Waals surface area contributed by atoms with Gasteiger partial charge in [-0.25, -0.2) is 0 Å². The van der Waals surface area contributed by atoms with Crippen LogP contribution >= 0.6 is 0 Å². The molecule has 0 radical (unpaired) electrons. The molecule has 32 heavy (non-hydrogen) atoms. The van der Waals surface area contributed by atoms with Gasteiger partial charge in [-0.1, -0.05) is 19.1 Å². The van der Waals surface area contributed by atoms with Crippen LogP contribution in [0.4, 0.5) is 0 Å². The molecule has 0 saturated carbocycles. The highest BCUT2D eigenvalue weighted by Gasteiger charge is 2.54. The minimum Gasteiger partial charge on any atom is -0.493 e. The lowest BCUT2D eigenvalue weighted by Crippen LogP contribution is -2.49. The molecule has 0 amide bonds. The molecule has 1 aliphatic heterocycles. The second-order valence-corrected chi connectivity index (χ2v) is 8.48. The summed E-state index contributed by atoms with van der Waals surface area (Å²) in [5.41, 5.74) is 6.59. The summed E-state index contributed by atoms with van der Waals surface area (Å²) in [6.07, 6.45) is 2.88. The Labute approximate surface area is 189 Å². The topological polar surface area (TPSA) is 119 Å². The molecule has 1 heterocycles. The van der Waals surface area contributed by atoms with Crippen molar-refractivity contribution in [3.05, 3.63) is 46.7 Å².